The minimum atomic E-state index is -0.836. The molecule has 0 nitrogen and oxygen atoms in total. The number of hydrogen-bond donors (Lipinski definition) is 0. The number of benzene rings is 4. The predicted octanol–water partition coefficient (Wildman–Crippen LogP) is 10.0. The molecule has 0 aliphatic carbocycles. The number of unbranched alkanes of at least 4 members (excludes halogenated alkanes) is 2. The fraction of sp³-hybridized carbons (Fsp3) is 0.294. The molecule has 38 heavy (non-hydrogen) atoms. The molecule has 198 valence electrons. The van der Waals surface area contributed by atoms with E-state index in [0.717, 1.165) is 37.7 Å². The lowest BCUT2D eigenvalue weighted by molar-refractivity contribution is 0.498. The summed E-state index contributed by atoms with van der Waals surface area (Å²) in [5.74, 6) is -3.27. The van der Waals surface area contributed by atoms with E-state index in [2.05, 4.69) is 13.8 Å². The predicted molar refractivity (Wildman–Crippen MR) is 148 cm³/mol. The van der Waals surface area contributed by atoms with Gasteiger partial charge in [0.2, 0.25) is 0 Å². The van der Waals surface area contributed by atoms with Crippen LogP contribution in [0.3, 0.4) is 0 Å². The molecule has 0 bridgehead atoms. The van der Waals surface area contributed by atoms with E-state index < -0.39 is 23.3 Å². The highest BCUT2D eigenvalue weighted by atomic mass is 19.2. The molecule has 0 aromatic heterocycles. The lowest BCUT2D eigenvalue weighted by atomic mass is 9.96. The minimum Gasteiger partial charge on any atom is -0.203 e. The van der Waals surface area contributed by atoms with Gasteiger partial charge in [-0.2, -0.15) is 0 Å². The Morgan fingerprint density at radius 1 is 0.421 bits per heavy atom. The number of halogens is 4. The van der Waals surface area contributed by atoms with Gasteiger partial charge in [0, 0.05) is 11.1 Å². The molecule has 4 aromatic rings. The molecule has 4 aromatic carbocycles. The first-order valence-corrected chi connectivity index (χ1v) is 13.5. The minimum absolute atomic E-state index is 0.222. The van der Waals surface area contributed by atoms with E-state index in [0.29, 0.717) is 41.5 Å². The molecule has 0 saturated heterocycles. The van der Waals surface area contributed by atoms with E-state index in [4.69, 9.17) is 0 Å². The van der Waals surface area contributed by atoms with Crippen molar-refractivity contribution < 1.29 is 17.6 Å². The van der Waals surface area contributed by atoms with Gasteiger partial charge in [0.05, 0.1) is 0 Å². The Morgan fingerprint density at radius 3 is 1.37 bits per heavy atom. The van der Waals surface area contributed by atoms with Crippen molar-refractivity contribution in [2.75, 3.05) is 0 Å². The zero-order valence-electron chi connectivity index (χ0n) is 22.1. The van der Waals surface area contributed by atoms with E-state index in [-0.39, 0.29) is 11.1 Å². The summed E-state index contributed by atoms with van der Waals surface area (Å²) in [5, 5.41) is 0. The summed E-state index contributed by atoms with van der Waals surface area (Å²) >= 11 is 0. The van der Waals surface area contributed by atoms with Gasteiger partial charge in [0.15, 0.2) is 23.3 Å². The second-order valence-electron chi connectivity index (χ2n) is 9.90. The molecule has 0 aliphatic rings. The average molecular weight is 519 g/mol. The maximum absolute atomic E-state index is 14.9. The van der Waals surface area contributed by atoms with E-state index in [9.17, 15) is 17.6 Å². The van der Waals surface area contributed by atoms with Gasteiger partial charge in [0.1, 0.15) is 0 Å². The fourth-order valence-corrected chi connectivity index (χ4v) is 4.85. The van der Waals surface area contributed by atoms with Crippen LogP contribution in [0.15, 0.2) is 72.8 Å². The SMILES string of the molecule is CCCCCc1ccc(-c2ccc(CCc3ccc(-c4ccc(CCC)cc4)c(F)c3F)cc2)c(F)c1F. The first kappa shape index (κ1) is 27.6. The standard InChI is InChI=1S/C34H34F4/c1-3-5-6-8-27-19-21-29(33(37)31(27)35)26-16-11-24(12-17-26)13-18-28-20-22-30(34(38)32(28)36)25-14-9-23(7-4-2)10-15-25/h9-12,14-17,19-22H,3-8,13,18H2,1-2H3. The topological polar surface area (TPSA) is 0 Å². The van der Waals surface area contributed by atoms with Gasteiger partial charge in [-0.1, -0.05) is 106 Å². The van der Waals surface area contributed by atoms with Gasteiger partial charge in [0.25, 0.3) is 0 Å². The van der Waals surface area contributed by atoms with Gasteiger partial charge < -0.3 is 0 Å². The zero-order chi connectivity index (χ0) is 27.1. The summed E-state index contributed by atoms with van der Waals surface area (Å²) < 4.78 is 59.1. The Balaban J connectivity index is 1.43. The van der Waals surface area contributed by atoms with Crippen LogP contribution in [0.2, 0.25) is 0 Å². The van der Waals surface area contributed by atoms with Gasteiger partial charge in [-0.15, -0.1) is 0 Å². The summed E-state index contributed by atoms with van der Waals surface area (Å²) in [6, 6.07) is 21.3. The molecule has 0 atom stereocenters. The highest BCUT2D eigenvalue weighted by molar-refractivity contribution is 5.66. The average Bonchev–Trinajstić information content (AvgIpc) is 2.93. The van der Waals surface area contributed by atoms with Crippen LogP contribution in [0, 0.1) is 23.3 Å². The number of hydrogen-bond acceptors (Lipinski definition) is 0. The quantitative estimate of drug-likeness (QED) is 0.137. The Morgan fingerprint density at radius 2 is 0.895 bits per heavy atom. The highest BCUT2D eigenvalue weighted by Gasteiger charge is 2.16. The molecule has 0 heterocycles. The van der Waals surface area contributed by atoms with Crippen LogP contribution in [0.1, 0.15) is 61.8 Å². The van der Waals surface area contributed by atoms with Crippen molar-refractivity contribution in [3.05, 3.63) is 118 Å². The maximum atomic E-state index is 14.9. The van der Waals surface area contributed by atoms with Crippen LogP contribution < -0.4 is 0 Å². The molecule has 0 spiro atoms. The Hall–Kier alpha value is -3.40. The molecule has 0 N–H and O–H groups in total. The first-order chi connectivity index (χ1) is 18.4. The molecule has 0 amide bonds. The van der Waals surface area contributed by atoms with Crippen molar-refractivity contribution in [2.45, 2.75) is 65.2 Å². The largest absolute Gasteiger partial charge is 0.203 e. The first-order valence-electron chi connectivity index (χ1n) is 13.5. The van der Waals surface area contributed by atoms with Crippen molar-refractivity contribution >= 4 is 0 Å². The van der Waals surface area contributed by atoms with E-state index >= 15 is 0 Å². The van der Waals surface area contributed by atoms with Crippen molar-refractivity contribution in [2.24, 2.45) is 0 Å². The van der Waals surface area contributed by atoms with Crippen LogP contribution in [-0.4, -0.2) is 0 Å². The van der Waals surface area contributed by atoms with Crippen molar-refractivity contribution in [1.29, 1.82) is 0 Å². The summed E-state index contributed by atoms with van der Waals surface area (Å²) in [4.78, 5) is 0. The molecule has 0 unspecified atom stereocenters. The second kappa shape index (κ2) is 12.9. The smallest absolute Gasteiger partial charge is 0.166 e. The Kier molecular flexibility index (Phi) is 9.38. The fourth-order valence-electron chi connectivity index (χ4n) is 4.85. The lowest BCUT2D eigenvalue weighted by Crippen LogP contribution is -2.00. The third kappa shape index (κ3) is 6.35. The number of aryl methyl sites for hydroxylation is 4. The second-order valence-corrected chi connectivity index (χ2v) is 9.90. The molecular weight excluding hydrogens is 484 g/mol. The molecule has 4 rings (SSSR count). The summed E-state index contributed by atoms with van der Waals surface area (Å²) in [5.41, 5.74) is 4.50. The Labute approximate surface area is 223 Å². The molecule has 0 aliphatic heterocycles. The third-order valence-electron chi connectivity index (χ3n) is 7.13. The molecule has 0 saturated carbocycles. The van der Waals surface area contributed by atoms with Gasteiger partial charge in [-0.25, -0.2) is 17.6 Å². The van der Waals surface area contributed by atoms with Crippen LogP contribution in [0.4, 0.5) is 17.6 Å². The van der Waals surface area contributed by atoms with Crippen molar-refractivity contribution in [3.63, 3.8) is 0 Å². The van der Waals surface area contributed by atoms with Crippen LogP contribution in [-0.2, 0) is 25.7 Å². The van der Waals surface area contributed by atoms with Crippen molar-refractivity contribution in [3.8, 4) is 22.3 Å². The van der Waals surface area contributed by atoms with Gasteiger partial charge in [-0.3, -0.25) is 0 Å². The van der Waals surface area contributed by atoms with Crippen LogP contribution in [0.25, 0.3) is 22.3 Å². The third-order valence-corrected chi connectivity index (χ3v) is 7.13. The molecule has 0 radical (unpaired) electrons. The normalized spacial score (nSPS) is 11.2. The highest BCUT2D eigenvalue weighted by Crippen LogP contribution is 2.29. The molecular formula is C34H34F4. The monoisotopic (exact) mass is 518 g/mol. The van der Waals surface area contributed by atoms with Crippen LogP contribution >= 0.6 is 0 Å². The van der Waals surface area contributed by atoms with Crippen molar-refractivity contribution in [1.82, 2.24) is 0 Å². The summed E-state index contributed by atoms with van der Waals surface area (Å²) in [6.45, 7) is 4.17. The maximum Gasteiger partial charge on any atom is 0.166 e. The summed E-state index contributed by atoms with van der Waals surface area (Å²) in [7, 11) is 0. The lowest BCUT2D eigenvalue weighted by Gasteiger charge is -2.11. The summed E-state index contributed by atoms with van der Waals surface area (Å²) in [6.07, 6.45) is 6.17. The van der Waals surface area contributed by atoms with E-state index in [1.54, 1.807) is 36.4 Å². The molecule has 0 fully saturated rings. The van der Waals surface area contributed by atoms with E-state index in [1.807, 2.05) is 36.4 Å². The van der Waals surface area contributed by atoms with Gasteiger partial charge in [-0.05, 0) is 65.5 Å². The van der Waals surface area contributed by atoms with E-state index in [1.165, 1.54) is 5.56 Å². The molecule has 4 heteroatoms. The Bertz CT molecular complexity index is 1360. The number of rotatable bonds is 11. The van der Waals surface area contributed by atoms with Gasteiger partial charge >= 0.3 is 0 Å². The zero-order valence-corrected chi connectivity index (χ0v) is 22.1. The van der Waals surface area contributed by atoms with Crippen LogP contribution in [0.5, 0.6) is 0 Å².